The van der Waals surface area contributed by atoms with Crippen LogP contribution in [0.3, 0.4) is 0 Å². The number of halogens is 1. The highest BCUT2D eigenvalue weighted by Crippen LogP contribution is 2.14. The summed E-state index contributed by atoms with van der Waals surface area (Å²) in [6.45, 7) is 5.72. The molecule has 1 atom stereocenters. The van der Waals surface area contributed by atoms with Crippen molar-refractivity contribution >= 4 is 11.9 Å². The summed E-state index contributed by atoms with van der Waals surface area (Å²) in [5, 5.41) is 3.16. The number of rotatable bonds is 5. The summed E-state index contributed by atoms with van der Waals surface area (Å²) in [4.78, 5) is 12.1. The molecule has 0 fully saturated rings. The highest BCUT2D eigenvalue weighted by Gasteiger charge is 2.09. The summed E-state index contributed by atoms with van der Waals surface area (Å²) in [5.74, 6) is 1.06. The first kappa shape index (κ1) is 15.2. The van der Waals surface area contributed by atoms with E-state index in [-0.39, 0.29) is 17.8 Å². The molecule has 0 aliphatic rings. The fourth-order valence-corrected chi connectivity index (χ4v) is 2.13. The third-order valence-corrected chi connectivity index (χ3v) is 3.19. The molecule has 1 aromatic heterocycles. The Morgan fingerprint density at radius 3 is 2.71 bits per heavy atom. The summed E-state index contributed by atoms with van der Waals surface area (Å²) in [6, 6.07) is 5.27. The second-order valence-corrected chi connectivity index (χ2v) is 5.24. The molecule has 0 bridgehead atoms. The molecule has 0 saturated heterocycles. The summed E-state index contributed by atoms with van der Waals surface area (Å²) < 4.78 is 13.7. The van der Waals surface area contributed by atoms with Crippen LogP contribution >= 0.6 is 0 Å². The van der Waals surface area contributed by atoms with Gasteiger partial charge in [-0.1, -0.05) is 17.7 Å². The molecule has 1 heterocycles. The average Bonchev–Trinajstić information content (AvgIpc) is 2.38. The molecule has 5 nitrogen and oxygen atoms in total. The Hall–Kier alpha value is -2.24. The van der Waals surface area contributed by atoms with Gasteiger partial charge in [0.2, 0.25) is 11.9 Å². The lowest BCUT2D eigenvalue weighted by Gasteiger charge is -2.14. The molecule has 0 amide bonds. The smallest absolute Gasteiger partial charge is 0.227 e. The number of hydrogen-bond donors (Lipinski definition) is 2. The second kappa shape index (κ2) is 6.47. The van der Waals surface area contributed by atoms with Gasteiger partial charge in [-0.3, -0.25) is 0 Å². The van der Waals surface area contributed by atoms with Crippen molar-refractivity contribution in [2.45, 2.75) is 39.7 Å². The summed E-state index contributed by atoms with van der Waals surface area (Å²) in [6.07, 6.45) is 1.42. The van der Waals surface area contributed by atoms with E-state index in [9.17, 15) is 4.39 Å². The molecule has 2 rings (SSSR count). The number of benzene rings is 1. The maximum atomic E-state index is 13.7. The van der Waals surface area contributed by atoms with Gasteiger partial charge < -0.3 is 11.1 Å². The Kier molecular flexibility index (Phi) is 4.67. The first-order valence-electron chi connectivity index (χ1n) is 6.94. The second-order valence-electron chi connectivity index (χ2n) is 5.24. The fraction of sp³-hybridized carbons (Fsp3) is 0.400. The SMILES string of the molecule is Cc1ccc(F)c(CCC(C)Nc2nc(C)nc(N)n2)c1. The van der Waals surface area contributed by atoms with Crippen LogP contribution in [0.25, 0.3) is 0 Å². The predicted octanol–water partition coefficient (Wildman–Crippen LogP) is 2.64. The number of aryl methyl sites for hydroxylation is 3. The van der Waals surface area contributed by atoms with Crippen molar-refractivity contribution in [3.63, 3.8) is 0 Å². The van der Waals surface area contributed by atoms with Crippen LogP contribution in [-0.4, -0.2) is 21.0 Å². The highest BCUT2D eigenvalue weighted by atomic mass is 19.1. The van der Waals surface area contributed by atoms with Gasteiger partial charge in [-0.25, -0.2) is 4.39 Å². The van der Waals surface area contributed by atoms with Crippen LogP contribution in [-0.2, 0) is 6.42 Å². The van der Waals surface area contributed by atoms with E-state index in [4.69, 9.17) is 5.73 Å². The minimum atomic E-state index is -0.159. The first-order chi connectivity index (χ1) is 9.94. The van der Waals surface area contributed by atoms with Crippen LogP contribution < -0.4 is 11.1 Å². The van der Waals surface area contributed by atoms with E-state index in [0.29, 0.717) is 18.2 Å². The van der Waals surface area contributed by atoms with Crippen molar-refractivity contribution in [2.75, 3.05) is 11.1 Å². The largest absolute Gasteiger partial charge is 0.368 e. The lowest BCUT2D eigenvalue weighted by atomic mass is 10.0. The molecule has 112 valence electrons. The van der Waals surface area contributed by atoms with E-state index in [2.05, 4.69) is 20.3 Å². The zero-order valence-electron chi connectivity index (χ0n) is 12.5. The van der Waals surface area contributed by atoms with E-state index in [0.717, 1.165) is 17.5 Å². The van der Waals surface area contributed by atoms with Crippen molar-refractivity contribution in [2.24, 2.45) is 0 Å². The molecular weight excluding hydrogens is 269 g/mol. The Morgan fingerprint density at radius 2 is 2.00 bits per heavy atom. The van der Waals surface area contributed by atoms with Gasteiger partial charge in [0.25, 0.3) is 0 Å². The van der Waals surface area contributed by atoms with Gasteiger partial charge in [0, 0.05) is 6.04 Å². The normalized spacial score (nSPS) is 12.2. The van der Waals surface area contributed by atoms with E-state index in [1.807, 2.05) is 19.9 Å². The number of hydrogen-bond acceptors (Lipinski definition) is 5. The third kappa shape index (κ3) is 4.37. The van der Waals surface area contributed by atoms with Gasteiger partial charge in [0.15, 0.2) is 0 Å². The third-order valence-electron chi connectivity index (χ3n) is 3.19. The molecular formula is C15H20FN5. The van der Waals surface area contributed by atoms with Crippen LogP contribution in [0.15, 0.2) is 18.2 Å². The first-order valence-corrected chi connectivity index (χ1v) is 6.94. The zero-order chi connectivity index (χ0) is 15.4. The quantitative estimate of drug-likeness (QED) is 0.885. The molecule has 1 unspecified atom stereocenters. The van der Waals surface area contributed by atoms with Crippen LogP contribution in [0.1, 0.15) is 30.3 Å². The molecule has 1 aromatic carbocycles. The van der Waals surface area contributed by atoms with Gasteiger partial charge in [0.1, 0.15) is 11.6 Å². The van der Waals surface area contributed by atoms with Crippen molar-refractivity contribution in [3.8, 4) is 0 Å². The molecule has 3 N–H and O–H groups in total. The molecule has 0 saturated carbocycles. The number of nitrogen functional groups attached to an aromatic ring is 1. The summed E-state index contributed by atoms with van der Waals surface area (Å²) in [7, 11) is 0. The lowest BCUT2D eigenvalue weighted by molar-refractivity contribution is 0.595. The fourth-order valence-electron chi connectivity index (χ4n) is 2.13. The van der Waals surface area contributed by atoms with Crippen LogP contribution in [0.4, 0.5) is 16.3 Å². The molecule has 6 heteroatoms. The van der Waals surface area contributed by atoms with Gasteiger partial charge in [-0.2, -0.15) is 15.0 Å². The van der Waals surface area contributed by atoms with Crippen molar-refractivity contribution < 1.29 is 4.39 Å². The van der Waals surface area contributed by atoms with Crippen LogP contribution in [0.2, 0.25) is 0 Å². The van der Waals surface area contributed by atoms with Crippen molar-refractivity contribution in [3.05, 3.63) is 41.0 Å². The Labute approximate surface area is 123 Å². The minimum absolute atomic E-state index is 0.103. The Bertz CT molecular complexity index is 609. The standard InChI is InChI=1S/C15H20FN5/c1-9-4-7-13(16)12(8-9)6-5-10(2)18-15-20-11(3)19-14(17)21-15/h4,7-8,10H,5-6H2,1-3H3,(H3,17,18,19,20,21). The van der Waals surface area contributed by atoms with Crippen LogP contribution in [0.5, 0.6) is 0 Å². The van der Waals surface area contributed by atoms with Crippen molar-refractivity contribution in [1.29, 1.82) is 0 Å². The predicted molar refractivity (Wildman–Crippen MR) is 81.5 cm³/mol. The zero-order valence-corrected chi connectivity index (χ0v) is 12.5. The lowest BCUT2D eigenvalue weighted by Crippen LogP contribution is -2.19. The Balaban J connectivity index is 1.95. The van der Waals surface area contributed by atoms with E-state index >= 15 is 0 Å². The molecule has 21 heavy (non-hydrogen) atoms. The van der Waals surface area contributed by atoms with Gasteiger partial charge in [-0.05, 0) is 45.2 Å². The monoisotopic (exact) mass is 289 g/mol. The number of aromatic nitrogens is 3. The molecule has 0 aliphatic carbocycles. The minimum Gasteiger partial charge on any atom is -0.368 e. The highest BCUT2D eigenvalue weighted by molar-refractivity contribution is 5.32. The molecule has 0 radical (unpaired) electrons. The topological polar surface area (TPSA) is 76.7 Å². The van der Waals surface area contributed by atoms with Gasteiger partial charge in [0.05, 0.1) is 0 Å². The van der Waals surface area contributed by atoms with E-state index in [1.54, 1.807) is 13.0 Å². The maximum Gasteiger partial charge on any atom is 0.227 e. The Morgan fingerprint density at radius 1 is 1.24 bits per heavy atom. The van der Waals surface area contributed by atoms with Crippen molar-refractivity contribution in [1.82, 2.24) is 15.0 Å². The number of anilines is 2. The molecule has 0 spiro atoms. The van der Waals surface area contributed by atoms with Gasteiger partial charge >= 0.3 is 0 Å². The summed E-state index contributed by atoms with van der Waals surface area (Å²) >= 11 is 0. The van der Waals surface area contributed by atoms with Gasteiger partial charge in [-0.15, -0.1) is 0 Å². The number of nitrogens with two attached hydrogens (primary N) is 1. The number of nitrogens with one attached hydrogen (secondary N) is 1. The summed E-state index contributed by atoms with van der Waals surface area (Å²) in [5.41, 5.74) is 7.38. The van der Waals surface area contributed by atoms with Crippen LogP contribution in [0, 0.1) is 19.7 Å². The van der Waals surface area contributed by atoms with E-state index < -0.39 is 0 Å². The van der Waals surface area contributed by atoms with E-state index in [1.165, 1.54) is 6.07 Å². The molecule has 2 aromatic rings. The molecule has 0 aliphatic heterocycles. The average molecular weight is 289 g/mol. The maximum absolute atomic E-state index is 13.7. The number of nitrogens with zero attached hydrogens (tertiary/aromatic N) is 3.